The molecule has 1 fully saturated rings. The molecule has 4 N–H and O–H groups in total. The van der Waals surface area contributed by atoms with Gasteiger partial charge < -0.3 is 29.6 Å². The average Bonchev–Trinajstić information content (AvgIpc) is 2.89. The fourth-order valence-electron chi connectivity index (χ4n) is 4.62. The topological polar surface area (TPSA) is 99.4 Å². The third kappa shape index (κ3) is 6.16. The lowest BCUT2D eigenvalue weighted by molar-refractivity contribution is -0.231. The molecule has 0 amide bonds. The maximum atomic E-state index is 10.7. The van der Waals surface area contributed by atoms with E-state index in [-0.39, 0.29) is 5.41 Å². The van der Waals surface area contributed by atoms with Gasteiger partial charge in [0.1, 0.15) is 30.5 Å². The molecule has 0 aromatic heterocycles. The van der Waals surface area contributed by atoms with Crippen molar-refractivity contribution >= 4 is 31.0 Å². The fraction of sp³-hybridized carbons (Fsp3) is 0.379. The molecule has 1 saturated heterocycles. The zero-order chi connectivity index (χ0) is 26.7. The van der Waals surface area contributed by atoms with E-state index in [1.54, 1.807) is 12.1 Å². The average molecular weight is 542 g/mol. The van der Waals surface area contributed by atoms with Crippen LogP contribution in [0.1, 0.15) is 44.1 Å². The van der Waals surface area contributed by atoms with Gasteiger partial charge in [-0.1, -0.05) is 99.1 Å². The van der Waals surface area contributed by atoms with E-state index in [9.17, 15) is 20.4 Å². The molecule has 0 aliphatic carbocycles. The minimum absolute atomic E-state index is 0.350. The molecular weight excluding hydrogens is 508 g/mol. The van der Waals surface area contributed by atoms with Crippen molar-refractivity contribution in [1.82, 2.24) is 0 Å². The Labute approximate surface area is 224 Å². The highest BCUT2D eigenvalue weighted by atomic mass is 35.5. The van der Waals surface area contributed by atoms with Crippen LogP contribution in [0.5, 0.6) is 0 Å². The van der Waals surface area contributed by atoms with Gasteiger partial charge in [0.05, 0.1) is 12.7 Å². The van der Waals surface area contributed by atoms with Crippen LogP contribution in [0.15, 0.2) is 78.9 Å². The quantitative estimate of drug-likeness (QED) is 0.343. The molecule has 197 valence electrons. The van der Waals surface area contributed by atoms with Crippen LogP contribution in [0.4, 0.5) is 0 Å². The summed E-state index contributed by atoms with van der Waals surface area (Å²) in [6, 6.07) is 25.6. The highest BCUT2D eigenvalue weighted by Crippen LogP contribution is 2.42. The smallest absolute Gasteiger partial charge is 0.283 e. The van der Waals surface area contributed by atoms with Crippen molar-refractivity contribution in [3.05, 3.63) is 95.0 Å². The predicted octanol–water partition coefficient (Wildman–Crippen LogP) is 2.76. The molecule has 1 unspecified atom stereocenters. The van der Waals surface area contributed by atoms with Crippen molar-refractivity contribution in [2.45, 2.75) is 57.4 Å². The van der Waals surface area contributed by atoms with Gasteiger partial charge in [-0.15, -0.1) is 0 Å². The van der Waals surface area contributed by atoms with Gasteiger partial charge in [0.2, 0.25) is 0 Å². The molecular formula is C29H34ClO6Si. The number of hydrogen-bond acceptors (Lipinski definition) is 6. The molecule has 0 saturated carbocycles. The number of halogens is 1. The third-order valence-electron chi connectivity index (χ3n) is 6.62. The first kappa shape index (κ1) is 27.9. The summed E-state index contributed by atoms with van der Waals surface area (Å²) in [6.07, 6.45) is -6.64. The van der Waals surface area contributed by atoms with Crippen molar-refractivity contribution in [3.8, 4) is 0 Å². The predicted molar refractivity (Wildman–Crippen MR) is 145 cm³/mol. The van der Waals surface area contributed by atoms with E-state index in [2.05, 4.69) is 45.0 Å². The SMILES string of the molecule is CC(C)(C)C(O[Si](c1ccccc1)c1ccccc1)c1cc([C@@H]2O[C@H](CO)[C@@H](O)[C@H](O)[C@H]2O)ccc1Cl. The van der Waals surface area contributed by atoms with Gasteiger partial charge in [-0.05, 0) is 39.0 Å². The zero-order valence-electron chi connectivity index (χ0n) is 21.2. The van der Waals surface area contributed by atoms with E-state index in [0.717, 1.165) is 15.9 Å². The molecule has 8 heteroatoms. The van der Waals surface area contributed by atoms with Crippen LogP contribution in [-0.2, 0) is 9.16 Å². The Morgan fingerprint density at radius 1 is 0.865 bits per heavy atom. The summed E-state index contributed by atoms with van der Waals surface area (Å²) in [7, 11) is -1.67. The summed E-state index contributed by atoms with van der Waals surface area (Å²) in [5.41, 5.74) is 0.956. The number of aliphatic hydroxyl groups is 4. The van der Waals surface area contributed by atoms with Gasteiger partial charge in [-0.25, -0.2) is 0 Å². The molecule has 0 bridgehead atoms. The first-order chi connectivity index (χ1) is 17.6. The second-order valence-electron chi connectivity index (χ2n) is 10.5. The van der Waals surface area contributed by atoms with Crippen LogP contribution in [0.25, 0.3) is 0 Å². The Morgan fingerprint density at radius 2 is 1.43 bits per heavy atom. The van der Waals surface area contributed by atoms with Crippen molar-refractivity contribution in [1.29, 1.82) is 0 Å². The van der Waals surface area contributed by atoms with E-state index >= 15 is 0 Å². The van der Waals surface area contributed by atoms with E-state index < -0.39 is 52.3 Å². The van der Waals surface area contributed by atoms with E-state index in [0.29, 0.717) is 10.6 Å². The van der Waals surface area contributed by atoms with Crippen molar-refractivity contribution < 1.29 is 29.6 Å². The van der Waals surface area contributed by atoms with E-state index in [1.165, 1.54) is 0 Å². The van der Waals surface area contributed by atoms with E-state index in [4.69, 9.17) is 20.8 Å². The number of ether oxygens (including phenoxy) is 1. The fourth-order valence-corrected chi connectivity index (χ4v) is 7.15. The summed E-state index contributed by atoms with van der Waals surface area (Å²) in [5.74, 6) is 0. The number of benzene rings is 3. The summed E-state index contributed by atoms with van der Waals surface area (Å²) in [5, 5.41) is 43.6. The summed E-state index contributed by atoms with van der Waals surface area (Å²) >= 11 is 6.75. The molecule has 1 radical (unpaired) electrons. The minimum atomic E-state index is -1.67. The van der Waals surface area contributed by atoms with Crippen LogP contribution < -0.4 is 10.4 Å². The maximum absolute atomic E-state index is 10.7. The highest BCUT2D eigenvalue weighted by Gasteiger charge is 2.44. The molecule has 6 atom stereocenters. The molecule has 1 aliphatic heterocycles. The maximum Gasteiger partial charge on any atom is 0.283 e. The van der Waals surface area contributed by atoms with Gasteiger partial charge in [-0.2, -0.15) is 0 Å². The summed E-state index contributed by atoms with van der Waals surface area (Å²) < 4.78 is 12.8. The lowest BCUT2D eigenvalue weighted by Gasteiger charge is -2.41. The first-order valence-corrected chi connectivity index (χ1v) is 14.1. The molecule has 1 heterocycles. The second kappa shape index (κ2) is 11.8. The van der Waals surface area contributed by atoms with Crippen LogP contribution in [0.2, 0.25) is 5.02 Å². The van der Waals surface area contributed by atoms with Gasteiger partial charge >= 0.3 is 0 Å². The van der Waals surface area contributed by atoms with Crippen LogP contribution >= 0.6 is 11.6 Å². The molecule has 3 aromatic carbocycles. The normalized spacial score (nSPS) is 25.3. The van der Waals surface area contributed by atoms with Crippen LogP contribution in [0, 0.1) is 5.41 Å². The summed E-state index contributed by atoms with van der Waals surface area (Å²) in [6.45, 7) is 5.77. The van der Waals surface area contributed by atoms with Crippen molar-refractivity contribution in [2.75, 3.05) is 6.61 Å². The van der Waals surface area contributed by atoms with Crippen molar-refractivity contribution in [3.63, 3.8) is 0 Å². The Bertz CT molecular complexity index is 1110. The van der Waals surface area contributed by atoms with Gasteiger partial charge in [-0.3, -0.25) is 0 Å². The third-order valence-corrected chi connectivity index (χ3v) is 9.15. The van der Waals surface area contributed by atoms with Crippen molar-refractivity contribution in [2.24, 2.45) is 5.41 Å². The Morgan fingerprint density at radius 3 is 1.95 bits per heavy atom. The minimum Gasteiger partial charge on any atom is -0.400 e. The Hall–Kier alpha value is -2.07. The van der Waals surface area contributed by atoms with Gasteiger partial charge in [0.25, 0.3) is 9.04 Å². The second-order valence-corrected chi connectivity index (χ2v) is 12.9. The Kier molecular flexibility index (Phi) is 8.88. The van der Waals surface area contributed by atoms with Gasteiger partial charge in [0.15, 0.2) is 0 Å². The molecule has 1 aliphatic rings. The molecule has 6 nitrogen and oxygen atoms in total. The monoisotopic (exact) mass is 541 g/mol. The lowest BCUT2D eigenvalue weighted by Crippen LogP contribution is -2.55. The number of hydrogen-bond donors (Lipinski definition) is 4. The molecule has 37 heavy (non-hydrogen) atoms. The lowest BCUT2D eigenvalue weighted by atomic mass is 9.83. The zero-order valence-corrected chi connectivity index (χ0v) is 22.9. The molecule has 0 spiro atoms. The summed E-state index contributed by atoms with van der Waals surface area (Å²) in [4.78, 5) is 0. The highest BCUT2D eigenvalue weighted by molar-refractivity contribution is 6.80. The van der Waals surface area contributed by atoms with Crippen LogP contribution in [-0.4, -0.2) is 60.5 Å². The largest absolute Gasteiger partial charge is 0.400 e. The number of aliphatic hydroxyl groups excluding tert-OH is 4. The Balaban J connectivity index is 1.75. The van der Waals surface area contributed by atoms with Crippen LogP contribution in [0.3, 0.4) is 0 Å². The standard InChI is InChI=1S/C29H34ClO6Si/c1-29(2,3)28(36-37(19-10-6-4-7-11-19)20-12-8-5-9-13-20)21-16-18(14-15-22(21)30)27-26(34)25(33)24(32)23(17-31)35-27/h4-16,23-28,31-34H,17H2,1-3H3/t23-,24-,25+,26-,27+,28?/m1/s1. The molecule has 3 aromatic rings. The number of rotatable bonds is 7. The molecule has 4 rings (SSSR count). The van der Waals surface area contributed by atoms with Gasteiger partial charge in [0, 0.05) is 5.02 Å². The first-order valence-electron chi connectivity index (χ1n) is 12.4. The van der Waals surface area contributed by atoms with E-state index in [1.807, 2.05) is 42.5 Å².